The lowest BCUT2D eigenvalue weighted by Gasteiger charge is -2.37. The van der Waals surface area contributed by atoms with E-state index in [1.807, 2.05) is 48.1 Å². The highest BCUT2D eigenvalue weighted by Crippen LogP contribution is 2.27. The second-order valence-electron chi connectivity index (χ2n) is 7.76. The van der Waals surface area contributed by atoms with Gasteiger partial charge in [0.1, 0.15) is 5.75 Å². The van der Waals surface area contributed by atoms with Crippen molar-refractivity contribution in [1.82, 2.24) is 20.0 Å². The molecule has 3 aromatic rings. The Morgan fingerprint density at radius 2 is 1.66 bits per heavy atom. The molecule has 0 spiro atoms. The van der Waals surface area contributed by atoms with Gasteiger partial charge in [-0.3, -0.25) is 4.99 Å². The first-order valence-electron chi connectivity index (χ1n) is 10.7. The Kier molecular flexibility index (Phi) is 8.00. The normalized spacial score (nSPS) is 14.3. The Morgan fingerprint density at radius 1 is 1.00 bits per heavy atom. The highest BCUT2D eigenvalue weighted by atomic mass is 127. The first kappa shape index (κ1) is 23.9. The summed E-state index contributed by atoms with van der Waals surface area (Å²) >= 11 is 0. The summed E-state index contributed by atoms with van der Waals surface area (Å²) in [6.07, 6.45) is 0. The number of hydrogen-bond donors (Lipinski definition) is 2. The van der Waals surface area contributed by atoms with Crippen molar-refractivity contribution in [3.8, 4) is 11.4 Å². The van der Waals surface area contributed by atoms with Crippen molar-refractivity contribution in [2.45, 2.75) is 20.4 Å². The maximum atomic E-state index is 10.1. The van der Waals surface area contributed by atoms with E-state index in [1.54, 1.807) is 6.07 Å². The maximum absolute atomic E-state index is 10.1. The summed E-state index contributed by atoms with van der Waals surface area (Å²) in [6, 6.07) is 17.7. The number of anilines is 1. The number of para-hydroxylation sites is 3. The predicted molar refractivity (Wildman–Crippen MR) is 141 cm³/mol. The molecule has 170 valence electrons. The van der Waals surface area contributed by atoms with Crippen molar-refractivity contribution < 1.29 is 5.11 Å². The molecule has 0 bridgehead atoms. The topological polar surface area (TPSA) is 68.9 Å². The number of rotatable bonds is 4. The van der Waals surface area contributed by atoms with Crippen LogP contribution in [0.4, 0.5) is 5.69 Å². The molecular weight excluding hydrogens is 515 g/mol. The molecule has 4 rings (SSSR count). The number of aliphatic imine (C=N–C) groups is 1. The Labute approximate surface area is 206 Å². The van der Waals surface area contributed by atoms with E-state index in [1.165, 1.54) is 5.56 Å². The summed E-state index contributed by atoms with van der Waals surface area (Å²) in [7, 11) is 1.82. The largest absolute Gasteiger partial charge is 0.506 e. The molecule has 1 aliphatic heterocycles. The molecule has 0 aliphatic carbocycles. The number of benzene rings is 2. The number of aryl methyl sites for hydroxylation is 1. The van der Waals surface area contributed by atoms with Crippen LogP contribution < -0.4 is 10.2 Å². The van der Waals surface area contributed by atoms with E-state index in [9.17, 15) is 5.11 Å². The van der Waals surface area contributed by atoms with E-state index in [2.05, 4.69) is 46.1 Å². The zero-order valence-corrected chi connectivity index (χ0v) is 21.2. The molecule has 0 unspecified atom stereocenters. The van der Waals surface area contributed by atoms with Crippen LogP contribution in [-0.4, -0.2) is 59.0 Å². The number of aromatic hydroxyl groups is 1. The number of hydrogen-bond acceptors (Lipinski definition) is 4. The average molecular weight is 546 g/mol. The van der Waals surface area contributed by atoms with Crippen LogP contribution in [0.15, 0.2) is 59.6 Å². The second kappa shape index (κ2) is 10.7. The SMILES string of the molecule is CN=C(NCc1c(C)nn(-c2ccccc2)c1C)N1CCN(c2ccccc2O)CC1.I. The Hall–Kier alpha value is -2.75. The van der Waals surface area contributed by atoms with Gasteiger partial charge in [0.25, 0.3) is 0 Å². The standard InChI is InChI=1S/C24H30N6O.HI/c1-18-21(19(2)30(27-18)20-9-5-4-6-10-20)17-26-24(25-3)29-15-13-28(14-16-29)22-11-7-8-12-23(22)31;/h4-12,31H,13-17H2,1-3H3,(H,25,26);1H. The zero-order chi connectivity index (χ0) is 21.8. The zero-order valence-electron chi connectivity index (χ0n) is 18.8. The third-order valence-corrected chi connectivity index (χ3v) is 5.88. The lowest BCUT2D eigenvalue weighted by Crippen LogP contribution is -2.52. The van der Waals surface area contributed by atoms with Gasteiger partial charge in [-0.15, -0.1) is 24.0 Å². The van der Waals surface area contributed by atoms with Crippen LogP contribution >= 0.6 is 24.0 Å². The number of nitrogens with zero attached hydrogens (tertiary/aromatic N) is 5. The number of phenols is 1. The van der Waals surface area contributed by atoms with E-state index in [-0.39, 0.29) is 24.0 Å². The molecule has 2 heterocycles. The highest BCUT2D eigenvalue weighted by molar-refractivity contribution is 14.0. The fraction of sp³-hybridized carbons (Fsp3) is 0.333. The van der Waals surface area contributed by atoms with E-state index < -0.39 is 0 Å². The number of aromatic nitrogens is 2. The Morgan fingerprint density at radius 3 is 2.31 bits per heavy atom. The summed E-state index contributed by atoms with van der Waals surface area (Å²) in [6.45, 7) is 8.20. The molecule has 1 fully saturated rings. The smallest absolute Gasteiger partial charge is 0.194 e. The third kappa shape index (κ3) is 5.01. The molecule has 0 atom stereocenters. The molecule has 32 heavy (non-hydrogen) atoms. The summed E-state index contributed by atoms with van der Waals surface area (Å²) in [5.74, 6) is 1.23. The molecule has 2 aromatic carbocycles. The average Bonchev–Trinajstić information content (AvgIpc) is 3.09. The summed E-state index contributed by atoms with van der Waals surface area (Å²) < 4.78 is 2.00. The summed E-state index contributed by atoms with van der Waals surface area (Å²) in [5.41, 5.74) is 5.31. The van der Waals surface area contributed by atoms with Crippen LogP contribution in [0.3, 0.4) is 0 Å². The number of nitrogens with one attached hydrogen (secondary N) is 1. The molecule has 1 aliphatic rings. The van der Waals surface area contributed by atoms with Crippen LogP contribution in [0.2, 0.25) is 0 Å². The van der Waals surface area contributed by atoms with Gasteiger partial charge in [-0.1, -0.05) is 30.3 Å². The van der Waals surface area contributed by atoms with E-state index in [0.717, 1.165) is 54.9 Å². The van der Waals surface area contributed by atoms with Gasteiger partial charge in [0.05, 0.1) is 17.1 Å². The van der Waals surface area contributed by atoms with E-state index in [4.69, 9.17) is 5.10 Å². The lowest BCUT2D eigenvalue weighted by molar-refractivity contribution is 0.369. The number of guanidine groups is 1. The van der Waals surface area contributed by atoms with Gasteiger partial charge in [-0.25, -0.2) is 4.68 Å². The second-order valence-corrected chi connectivity index (χ2v) is 7.76. The van der Waals surface area contributed by atoms with Crippen LogP contribution in [0, 0.1) is 13.8 Å². The van der Waals surface area contributed by atoms with Gasteiger partial charge in [0, 0.05) is 51.0 Å². The molecule has 1 saturated heterocycles. The maximum Gasteiger partial charge on any atom is 0.194 e. The first-order chi connectivity index (χ1) is 15.1. The van der Waals surface area contributed by atoms with Crippen LogP contribution in [0.5, 0.6) is 5.75 Å². The van der Waals surface area contributed by atoms with Crippen molar-refractivity contribution in [3.63, 3.8) is 0 Å². The van der Waals surface area contributed by atoms with E-state index in [0.29, 0.717) is 12.3 Å². The first-order valence-corrected chi connectivity index (χ1v) is 10.7. The molecular formula is C24H31IN6O. The molecule has 8 heteroatoms. The van der Waals surface area contributed by atoms with Crippen molar-refractivity contribution in [2.75, 3.05) is 38.1 Å². The summed E-state index contributed by atoms with van der Waals surface area (Å²) in [5, 5.41) is 18.4. The van der Waals surface area contributed by atoms with Crippen molar-refractivity contribution in [1.29, 1.82) is 0 Å². The van der Waals surface area contributed by atoms with Crippen molar-refractivity contribution in [3.05, 3.63) is 71.5 Å². The Balaban J connectivity index is 0.00000289. The molecule has 0 saturated carbocycles. The Bertz CT molecular complexity index is 1060. The van der Waals surface area contributed by atoms with Crippen LogP contribution in [0.1, 0.15) is 17.0 Å². The molecule has 2 N–H and O–H groups in total. The van der Waals surface area contributed by atoms with Gasteiger partial charge in [0.2, 0.25) is 0 Å². The van der Waals surface area contributed by atoms with Gasteiger partial charge in [-0.05, 0) is 38.1 Å². The van der Waals surface area contributed by atoms with Crippen molar-refractivity contribution >= 4 is 35.6 Å². The third-order valence-electron chi connectivity index (χ3n) is 5.88. The van der Waals surface area contributed by atoms with E-state index >= 15 is 0 Å². The van der Waals surface area contributed by atoms with Gasteiger partial charge < -0.3 is 20.2 Å². The van der Waals surface area contributed by atoms with Crippen molar-refractivity contribution in [2.24, 2.45) is 4.99 Å². The molecule has 0 radical (unpaired) electrons. The quantitative estimate of drug-likeness (QED) is 0.297. The minimum absolute atomic E-state index is 0. The minimum atomic E-state index is 0. The fourth-order valence-corrected chi connectivity index (χ4v) is 4.14. The fourth-order valence-electron chi connectivity index (χ4n) is 4.14. The molecule has 1 aromatic heterocycles. The number of phenolic OH excluding ortho intramolecular Hbond substituents is 1. The van der Waals surface area contributed by atoms with Crippen LogP contribution in [-0.2, 0) is 6.54 Å². The van der Waals surface area contributed by atoms with Gasteiger partial charge in [-0.2, -0.15) is 5.10 Å². The number of piperazine rings is 1. The molecule has 0 amide bonds. The summed E-state index contributed by atoms with van der Waals surface area (Å²) in [4.78, 5) is 8.99. The predicted octanol–water partition coefficient (Wildman–Crippen LogP) is 3.71. The lowest BCUT2D eigenvalue weighted by atomic mass is 10.2. The minimum Gasteiger partial charge on any atom is -0.506 e. The van der Waals surface area contributed by atoms with Crippen LogP contribution in [0.25, 0.3) is 5.69 Å². The van der Waals surface area contributed by atoms with Gasteiger partial charge in [0.15, 0.2) is 5.96 Å². The number of halogens is 1. The molecule has 7 nitrogen and oxygen atoms in total. The highest BCUT2D eigenvalue weighted by Gasteiger charge is 2.22. The van der Waals surface area contributed by atoms with Gasteiger partial charge >= 0.3 is 0 Å². The monoisotopic (exact) mass is 546 g/mol.